The molecule has 9 heavy (non-hydrogen) atoms. The molecule has 2 nitrogen and oxygen atoms in total. The lowest BCUT2D eigenvalue weighted by molar-refractivity contribution is 1.50. The van der Waals surface area contributed by atoms with E-state index in [2.05, 4.69) is 17.1 Å². The predicted molar refractivity (Wildman–Crippen MR) is 35.5 cm³/mol. The fourth-order valence-electron chi connectivity index (χ4n) is 0.633. The largest absolute Gasteiger partial charge is 0.135 e. The molecule has 0 aromatic carbocycles. The molecule has 0 spiro atoms. The lowest BCUT2D eigenvalue weighted by Crippen LogP contribution is -1.64. The van der Waals surface area contributed by atoms with Crippen molar-refractivity contribution in [1.82, 2.24) is 0 Å². The van der Waals surface area contributed by atoms with Crippen LogP contribution in [0.3, 0.4) is 0 Å². The summed E-state index contributed by atoms with van der Waals surface area (Å²) in [7, 11) is 0. The summed E-state index contributed by atoms with van der Waals surface area (Å²) in [5.41, 5.74) is 2.39. The summed E-state index contributed by atoms with van der Waals surface area (Å²) in [6, 6.07) is 2.13. The number of nitroso groups, excluding NO2 is 1. The van der Waals surface area contributed by atoms with Crippen LogP contribution in [-0.2, 0) is 0 Å². The fraction of sp³-hybridized carbons (Fsp3) is 0.429. The van der Waals surface area contributed by atoms with Gasteiger partial charge in [0.1, 0.15) is 0 Å². The van der Waals surface area contributed by atoms with Gasteiger partial charge < -0.3 is 0 Å². The number of hydrogen-bond donors (Lipinski definition) is 0. The van der Waals surface area contributed by atoms with Gasteiger partial charge >= 0.3 is 0 Å². The molecule has 1 aliphatic rings. The average molecular weight is 121 g/mol. The topological polar surface area (TPSA) is 29.4 Å². The van der Waals surface area contributed by atoms with Crippen LogP contribution in [0.4, 0.5) is 0 Å². The number of hydrogen-bond acceptors (Lipinski definition) is 2. The van der Waals surface area contributed by atoms with E-state index in [9.17, 15) is 4.91 Å². The van der Waals surface area contributed by atoms with E-state index in [0.29, 0.717) is 0 Å². The third-order valence-corrected chi connectivity index (χ3v) is 1.32. The van der Waals surface area contributed by atoms with Crippen molar-refractivity contribution in [3.05, 3.63) is 16.1 Å². The first kappa shape index (κ1) is 6.03. The van der Waals surface area contributed by atoms with Crippen LogP contribution in [0.1, 0.15) is 19.8 Å². The van der Waals surface area contributed by atoms with Crippen LogP contribution in [0, 0.1) is 16.9 Å². The molecule has 1 fully saturated rings. The summed E-state index contributed by atoms with van der Waals surface area (Å²) >= 11 is 0. The zero-order valence-electron chi connectivity index (χ0n) is 5.27. The smallest absolute Gasteiger partial charge is 0.0856 e. The molecule has 0 aliphatic heterocycles. The molecule has 0 radical (unpaired) electrons. The number of nitrogens with zero attached hydrogens (tertiary/aromatic N) is 1. The highest BCUT2D eigenvalue weighted by atomic mass is 16.2. The molecule has 0 unspecified atom stereocenters. The van der Waals surface area contributed by atoms with Gasteiger partial charge in [-0.2, -0.15) is 0 Å². The summed E-state index contributed by atoms with van der Waals surface area (Å²) in [4.78, 5) is 9.51. The van der Waals surface area contributed by atoms with Gasteiger partial charge in [0, 0.05) is 10.7 Å². The van der Waals surface area contributed by atoms with E-state index in [0.717, 1.165) is 18.4 Å². The zero-order chi connectivity index (χ0) is 6.69. The van der Waals surface area contributed by atoms with Crippen LogP contribution in [0.5, 0.6) is 0 Å². The van der Waals surface area contributed by atoms with Gasteiger partial charge in [-0.1, -0.05) is 5.57 Å². The van der Waals surface area contributed by atoms with Crippen LogP contribution < -0.4 is 0 Å². The van der Waals surface area contributed by atoms with Gasteiger partial charge in [-0.25, -0.2) is 0 Å². The second-order valence-electron chi connectivity index (χ2n) is 2.06. The molecule has 1 rings (SSSR count). The molecule has 0 heterocycles. The van der Waals surface area contributed by atoms with Crippen molar-refractivity contribution in [2.45, 2.75) is 19.8 Å². The molecule has 2 heteroatoms. The van der Waals surface area contributed by atoms with Crippen molar-refractivity contribution in [1.29, 1.82) is 0 Å². The third kappa shape index (κ3) is 1.69. The van der Waals surface area contributed by atoms with Crippen molar-refractivity contribution in [3.63, 3.8) is 0 Å². The monoisotopic (exact) mass is 121 g/mol. The first-order valence-electron chi connectivity index (χ1n) is 2.86. The molecule has 1 aliphatic carbocycles. The minimum Gasteiger partial charge on any atom is -0.135 e. The Hall–Kier alpha value is -1.10. The van der Waals surface area contributed by atoms with E-state index < -0.39 is 0 Å². The maximum atomic E-state index is 9.51. The molecule has 46 valence electrons. The maximum absolute atomic E-state index is 9.51. The number of allylic oxidation sites excluding steroid dienone is 2. The van der Waals surface area contributed by atoms with Crippen LogP contribution in [0.25, 0.3) is 0 Å². The molecule has 0 atom stereocenters. The van der Waals surface area contributed by atoms with Crippen LogP contribution in [0.15, 0.2) is 16.3 Å². The van der Waals surface area contributed by atoms with Gasteiger partial charge in [-0.05, 0) is 25.7 Å². The van der Waals surface area contributed by atoms with Gasteiger partial charge in [0.25, 0.3) is 0 Å². The second-order valence-corrected chi connectivity index (χ2v) is 2.06. The Morgan fingerprint density at radius 2 is 2.33 bits per heavy atom. The first-order chi connectivity index (χ1) is 4.34. The lowest BCUT2D eigenvalue weighted by Gasteiger charge is -1.77. The van der Waals surface area contributed by atoms with Crippen molar-refractivity contribution in [2.24, 2.45) is 5.18 Å². The second kappa shape index (κ2) is 2.45. The first-order valence-corrected chi connectivity index (χ1v) is 2.86. The lowest BCUT2D eigenvalue weighted by atomic mass is 10.3. The van der Waals surface area contributed by atoms with Crippen molar-refractivity contribution < 1.29 is 0 Å². The van der Waals surface area contributed by atoms with Gasteiger partial charge in [0.05, 0.1) is 6.04 Å². The summed E-state index contributed by atoms with van der Waals surface area (Å²) in [5.74, 6) is 2.64. The van der Waals surface area contributed by atoms with Crippen LogP contribution in [0.2, 0.25) is 0 Å². The minimum absolute atomic E-state index is 1.02. The van der Waals surface area contributed by atoms with Gasteiger partial charge in [0.2, 0.25) is 0 Å². The van der Waals surface area contributed by atoms with E-state index >= 15 is 0 Å². The maximum Gasteiger partial charge on any atom is 0.0856 e. The van der Waals surface area contributed by atoms with E-state index in [1.54, 1.807) is 0 Å². The molecule has 0 amide bonds. The van der Waals surface area contributed by atoms with E-state index in [-0.39, 0.29) is 0 Å². The summed E-state index contributed by atoms with van der Waals surface area (Å²) in [6.07, 6.45) is 2.30. The van der Waals surface area contributed by atoms with Crippen molar-refractivity contribution in [2.75, 3.05) is 0 Å². The van der Waals surface area contributed by atoms with Crippen molar-refractivity contribution in [3.8, 4) is 12.0 Å². The van der Waals surface area contributed by atoms with Gasteiger partial charge in [-0.15, -0.1) is 4.91 Å². The molecule has 0 bridgehead atoms. The fourth-order valence-corrected chi connectivity index (χ4v) is 0.633. The molecular weight excluding hydrogens is 114 g/mol. The quantitative estimate of drug-likeness (QED) is 0.355. The average Bonchev–Trinajstić information content (AvgIpc) is 2.63. The van der Waals surface area contributed by atoms with E-state index in [1.807, 2.05) is 6.92 Å². The third-order valence-electron chi connectivity index (χ3n) is 1.32. The van der Waals surface area contributed by atoms with E-state index in [1.165, 1.54) is 5.57 Å². The molecule has 0 aromatic rings. The molecule has 0 N–H and O–H groups in total. The molecule has 1 saturated carbocycles. The molecule has 0 saturated heterocycles. The summed E-state index contributed by atoms with van der Waals surface area (Å²) in [5, 5.41) is 2.44. The minimum atomic E-state index is 1.02. The summed E-state index contributed by atoms with van der Waals surface area (Å²) in [6.45, 7) is 1.92. The Bertz CT molecular complexity index is 211. The van der Waals surface area contributed by atoms with E-state index in [4.69, 9.17) is 0 Å². The van der Waals surface area contributed by atoms with Gasteiger partial charge in [-0.3, -0.25) is 0 Å². The Balaban J connectivity index is 2.62. The Labute approximate surface area is 53.9 Å². The predicted octanol–water partition coefficient (Wildman–Crippen LogP) is 1.82. The highest BCUT2D eigenvalue weighted by molar-refractivity contribution is 5.37. The normalized spacial score (nSPS) is 13.7. The Kier molecular flexibility index (Phi) is 1.64. The highest BCUT2D eigenvalue weighted by Gasteiger charge is 2.12. The number of rotatable bonds is 0. The standard InChI is InChI=1S/C7H7NO/c1-6(4-5-8-9)7-2-3-7/h2-3H2,1H3. The molecule has 0 aromatic heterocycles. The van der Waals surface area contributed by atoms with Crippen LogP contribution >= 0.6 is 0 Å². The molecular formula is C7H7NO. The zero-order valence-corrected chi connectivity index (χ0v) is 5.27. The summed E-state index contributed by atoms with van der Waals surface area (Å²) < 4.78 is 0. The Morgan fingerprint density at radius 1 is 1.67 bits per heavy atom. The SMILES string of the molecule is CC(C#CN=O)=C1CC1. The van der Waals surface area contributed by atoms with Gasteiger partial charge in [0.15, 0.2) is 0 Å². The van der Waals surface area contributed by atoms with Crippen LogP contribution in [-0.4, -0.2) is 0 Å². The Morgan fingerprint density at radius 3 is 2.78 bits per heavy atom. The van der Waals surface area contributed by atoms with Crippen molar-refractivity contribution >= 4 is 0 Å². The highest BCUT2D eigenvalue weighted by Crippen LogP contribution is 2.30.